The van der Waals surface area contributed by atoms with E-state index in [1.807, 2.05) is 31.2 Å². The van der Waals surface area contributed by atoms with Crippen molar-refractivity contribution in [2.75, 3.05) is 6.61 Å². The molecule has 3 rings (SSSR count). The lowest BCUT2D eigenvalue weighted by molar-refractivity contribution is 0.0952. The number of hydrogen-bond donors (Lipinski definition) is 2. The van der Waals surface area contributed by atoms with Gasteiger partial charge in [-0.05, 0) is 55.0 Å². The molecule has 0 spiro atoms. The maximum Gasteiger partial charge on any atom is 0.275 e. The molecular weight excluding hydrogens is 484 g/mol. The molecule has 2 N–H and O–H groups in total. The zero-order valence-electron chi connectivity index (χ0n) is 16.6. The number of hydrazone groups is 1. The zero-order chi connectivity index (χ0) is 22.2. The lowest BCUT2D eigenvalue weighted by Crippen LogP contribution is -2.17. The average molecular weight is 504 g/mol. The molecule has 3 aromatic rings. The highest BCUT2D eigenvalue weighted by atomic mass is 79.9. The van der Waals surface area contributed by atoms with Crippen LogP contribution in [0.5, 0.6) is 17.2 Å². The van der Waals surface area contributed by atoms with Gasteiger partial charge in [0, 0.05) is 15.1 Å². The number of carbonyl (C=O) groups is 1. The van der Waals surface area contributed by atoms with E-state index in [9.17, 15) is 9.90 Å². The fourth-order valence-corrected chi connectivity index (χ4v) is 3.23. The zero-order valence-corrected chi connectivity index (χ0v) is 19.0. The van der Waals surface area contributed by atoms with Crippen LogP contribution in [0.15, 0.2) is 70.2 Å². The number of halogens is 2. The van der Waals surface area contributed by atoms with Crippen LogP contribution in [0.3, 0.4) is 0 Å². The maximum atomic E-state index is 12.2. The molecule has 0 aliphatic rings. The van der Waals surface area contributed by atoms with Gasteiger partial charge in [-0.3, -0.25) is 4.79 Å². The van der Waals surface area contributed by atoms with Gasteiger partial charge in [-0.2, -0.15) is 5.10 Å². The van der Waals surface area contributed by atoms with Crippen molar-refractivity contribution in [2.45, 2.75) is 13.5 Å². The van der Waals surface area contributed by atoms with E-state index in [1.54, 1.807) is 24.3 Å². The normalized spacial score (nSPS) is 10.8. The van der Waals surface area contributed by atoms with Crippen molar-refractivity contribution in [3.05, 3.63) is 86.8 Å². The minimum absolute atomic E-state index is 0.116. The van der Waals surface area contributed by atoms with Gasteiger partial charge in [0.25, 0.3) is 5.91 Å². The van der Waals surface area contributed by atoms with Crippen molar-refractivity contribution in [3.8, 4) is 17.2 Å². The van der Waals surface area contributed by atoms with Gasteiger partial charge in [0.15, 0.2) is 11.5 Å². The Hall–Kier alpha value is -3.03. The Bertz CT molecular complexity index is 1100. The van der Waals surface area contributed by atoms with Crippen molar-refractivity contribution in [2.24, 2.45) is 5.10 Å². The van der Waals surface area contributed by atoms with Gasteiger partial charge in [-0.1, -0.05) is 45.7 Å². The molecule has 0 saturated carbocycles. The second-order valence-electron chi connectivity index (χ2n) is 6.38. The van der Waals surface area contributed by atoms with E-state index >= 15 is 0 Å². The van der Waals surface area contributed by atoms with Gasteiger partial charge < -0.3 is 14.6 Å². The number of ether oxygens (including phenoxy) is 2. The largest absolute Gasteiger partial charge is 0.507 e. The standard InChI is InChI=1S/C23H20BrClN2O4/c1-2-30-22-11-15(7-10-21(22)31-14-16-5-3-4-6-19(16)25)13-26-27-23(29)18-12-17(24)8-9-20(18)28/h3-13,28H,2,14H2,1H3,(H,27,29)/b26-13+. The third-order valence-electron chi connectivity index (χ3n) is 4.19. The molecule has 0 aliphatic carbocycles. The molecule has 1 amide bonds. The van der Waals surface area contributed by atoms with Crippen LogP contribution in [0.1, 0.15) is 28.4 Å². The predicted molar refractivity (Wildman–Crippen MR) is 124 cm³/mol. The smallest absolute Gasteiger partial charge is 0.275 e. The van der Waals surface area contributed by atoms with Gasteiger partial charge in [-0.25, -0.2) is 5.43 Å². The SMILES string of the molecule is CCOc1cc(/C=N/NC(=O)c2cc(Br)ccc2O)ccc1OCc1ccccc1Cl. The second-order valence-corrected chi connectivity index (χ2v) is 7.70. The topological polar surface area (TPSA) is 80.2 Å². The van der Waals surface area contributed by atoms with Crippen LogP contribution in [0, 0.1) is 0 Å². The molecule has 0 heterocycles. The number of benzene rings is 3. The van der Waals surface area contributed by atoms with Gasteiger partial charge >= 0.3 is 0 Å². The van der Waals surface area contributed by atoms with Crippen molar-refractivity contribution >= 4 is 39.7 Å². The summed E-state index contributed by atoms with van der Waals surface area (Å²) in [6.45, 7) is 2.64. The molecule has 31 heavy (non-hydrogen) atoms. The van der Waals surface area contributed by atoms with Gasteiger partial charge in [0.1, 0.15) is 12.4 Å². The summed E-state index contributed by atoms with van der Waals surface area (Å²) in [4.78, 5) is 12.2. The van der Waals surface area contributed by atoms with Crippen molar-refractivity contribution in [3.63, 3.8) is 0 Å². The number of carbonyl (C=O) groups excluding carboxylic acids is 1. The van der Waals surface area contributed by atoms with Crippen LogP contribution in [-0.2, 0) is 6.61 Å². The Morgan fingerprint density at radius 2 is 1.94 bits per heavy atom. The average Bonchev–Trinajstić information content (AvgIpc) is 2.76. The summed E-state index contributed by atoms with van der Waals surface area (Å²) in [6, 6.07) is 17.4. The highest BCUT2D eigenvalue weighted by Crippen LogP contribution is 2.29. The summed E-state index contributed by atoms with van der Waals surface area (Å²) in [5.41, 5.74) is 4.09. The lowest BCUT2D eigenvalue weighted by Gasteiger charge is -2.13. The van der Waals surface area contributed by atoms with Crippen molar-refractivity contribution in [1.29, 1.82) is 0 Å². The molecule has 160 valence electrons. The Labute approximate surface area is 193 Å². The van der Waals surface area contributed by atoms with Crippen molar-refractivity contribution < 1.29 is 19.4 Å². The molecule has 8 heteroatoms. The number of hydrogen-bond acceptors (Lipinski definition) is 5. The Balaban J connectivity index is 1.69. The monoisotopic (exact) mass is 502 g/mol. The highest BCUT2D eigenvalue weighted by molar-refractivity contribution is 9.10. The molecule has 0 aliphatic heterocycles. The number of rotatable bonds is 8. The molecule has 6 nitrogen and oxygen atoms in total. The second kappa shape index (κ2) is 10.8. The number of nitrogens with zero attached hydrogens (tertiary/aromatic N) is 1. The third-order valence-corrected chi connectivity index (χ3v) is 5.05. The minimum Gasteiger partial charge on any atom is -0.507 e. The van der Waals surface area contributed by atoms with Crippen LogP contribution in [0.25, 0.3) is 0 Å². The molecule has 0 radical (unpaired) electrons. The summed E-state index contributed by atoms with van der Waals surface area (Å²) < 4.78 is 12.2. The Morgan fingerprint density at radius 1 is 1.13 bits per heavy atom. The molecular formula is C23H20BrClN2O4. The number of aromatic hydroxyl groups is 1. The summed E-state index contributed by atoms with van der Waals surface area (Å²) in [5, 5.41) is 14.4. The van der Waals surface area contributed by atoms with Crippen molar-refractivity contribution in [1.82, 2.24) is 5.43 Å². The third kappa shape index (κ3) is 6.23. The van der Waals surface area contributed by atoms with E-state index < -0.39 is 5.91 Å². The van der Waals surface area contributed by atoms with E-state index in [0.717, 1.165) is 5.56 Å². The number of phenols is 1. The van der Waals surface area contributed by atoms with Gasteiger partial charge in [0.05, 0.1) is 18.4 Å². The first kappa shape index (κ1) is 22.7. The molecule has 0 bridgehead atoms. The van der Waals surface area contributed by atoms with Crippen LogP contribution in [-0.4, -0.2) is 23.8 Å². The quantitative estimate of drug-likeness (QED) is 0.312. The highest BCUT2D eigenvalue weighted by Gasteiger charge is 2.11. The first-order valence-corrected chi connectivity index (χ1v) is 10.6. The van der Waals surface area contributed by atoms with E-state index in [2.05, 4.69) is 26.5 Å². The molecule has 0 saturated heterocycles. The maximum absolute atomic E-state index is 12.2. The summed E-state index contributed by atoms with van der Waals surface area (Å²) in [6.07, 6.45) is 1.48. The van der Waals surface area contributed by atoms with Crippen LogP contribution in [0.2, 0.25) is 5.02 Å². The summed E-state index contributed by atoms with van der Waals surface area (Å²) >= 11 is 9.45. The molecule has 0 atom stereocenters. The van der Waals surface area contributed by atoms with Crippen LogP contribution < -0.4 is 14.9 Å². The lowest BCUT2D eigenvalue weighted by atomic mass is 10.2. The van der Waals surface area contributed by atoms with Crippen LogP contribution in [0.4, 0.5) is 0 Å². The van der Waals surface area contributed by atoms with Crippen LogP contribution >= 0.6 is 27.5 Å². The number of phenolic OH excluding ortho intramolecular Hbond substituents is 1. The molecule has 3 aromatic carbocycles. The van der Waals surface area contributed by atoms with E-state index in [4.69, 9.17) is 21.1 Å². The molecule has 0 fully saturated rings. The van der Waals surface area contributed by atoms with E-state index in [1.165, 1.54) is 18.3 Å². The summed E-state index contributed by atoms with van der Waals surface area (Å²) in [7, 11) is 0. The van der Waals surface area contributed by atoms with Gasteiger partial charge in [-0.15, -0.1) is 0 Å². The Morgan fingerprint density at radius 3 is 2.71 bits per heavy atom. The van der Waals surface area contributed by atoms with Gasteiger partial charge in [0.2, 0.25) is 0 Å². The first-order chi connectivity index (χ1) is 15.0. The fraction of sp³-hybridized carbons (Fsp3) is 0.130. The molecule has 0 aromatic heterocycles. The minimum atomic E-state index is -0.528. The van der Waals surface area contributed by atoms with E-state index in [0.29, 0.717) is 39.8 Å². The first-order valence-electron chi connectivity index (χ1n) is 9.43. The number of nitrogens with one attached hydrogen (secondary N) is 1. The predicted octanol–water partition coefficient (Wildman–Crippen LogP) is 5.55. The van der Waals surface area contributed by atoms with E-state index in [-0.39, 0.29) is 11.3 Å². The summed E-state index contributed by atoms with van der Waals surface area (Å²) in [5.74, 6) is 0.464. The molecule has 0 unspecified atom stereocenters. The fourth-order valence-electron chi connectivity index (χ4n) is 2.68. The number of amides is 1. The Kier molecular flexibility index (Phi) is 7.92.